The van der Waals surface area contributed by atoms with Crippen molar-refractivity contribution in [2.75, 3.05) is 4.90 Å². The highest BCUT2D eigenvalue weighted by molar-refractivity contribution is 6.04. The van der Waals surface area contributed by atoms with Gasteiger partial charge in [-0.15, -0.1) is 0 Å². The van der Waals surface area contributed by atoms with E-state index in [9.17, 15) is 19.8 Å². The molecule has 4 aromatic carbocycles. The number of phenolic OH excluding ortho intramolecular Hbond substituents is 1. The van der Waals surface area contributed by atoms with Crippen LogP contribution in [0.15, 0.2) is 114 Å². The summed E-state index contributed by atoms with van der Waals surface area (Å²) in [6.07, 6.45) is -0.164. The van der Waals surface area contributed by atoms with Crippen LogP contribution in [0.3, 0.4) is 0 Å². The number of carbonyl (C=O) groups is 1. The van der Waals surface area contributed by atoms with Gasteiger partial charge >= 0.3 is 0 Å². The quantitative estimate of drug-likeness (QED) is 0.269. The molecule has 2 N–H and O–H groups in total. The molecule has 6 nitrogen and oxygen atoms in total. The Hall–Kier alpha value is -4.84. The lowest BCUT2D eigenvalue weighted by Gasteiger charge is -2.34. The Morgan fingerprint density at radius 1 is 0.784 bits per heavy atom. The predicted octanol–water partition coefficient (Wildman–Crippen LogP) is 6.10. The van der Waals surface area contributed by atoms with E-state index in [2.05, 4.69) is 0 Å². The maximum Gasteiger partial charge on any atom is 0.265 e. The van der Waals surface area contributed by atoms with Gasteiger partial charge in [-0.25, -0.2) is 0 Å². The normalized spacial score (nSPS) is 11.8. The van der Waals surface area contributed by atoms with Crippen molar-refractivity contribution in [3.05, 3.63) is 131 Å². The molecule has 6 heteroatoms. The molecule has 1 atom stereocenters. The van der Waals surface area contributed by atoms with Crippen molar-refractivity contribution in [2.24, 2.45) is 7.05 Å². The number of aryl methyl sites for hydroxylation is 1. The third kappa shape index (κ3) is 4.45. The lowest BCUT2D eigenvalue weighted by molar-refractivity contribution is 0.0969. The molecule has 0 radical (unpaired) electrons. The Bertz CT molecular complexity index is 1590. The molecule has 0 amide bonds. The summed E-state index contributed by atoms with van der Waals surface area (Å²) in [5.41, 5.74) is 1.86. The molecule has 184 valence electrons. The lowest BCUT2D eigenvalue weighted by atomic mass is 9.94. The zero-order chi connectivity index (χ0) is 25.9. The van der Waals surface area contributed by atoms with Crippen LogP contribution in [-0.2, 0) is 7.05 Å². The van der Waals surface area contributed by atoms with Crippen LogP contribution in [0, 0.1) is 0 Å². The van der Waals surface area contributed by atoms with Crippen molar-refractivity contribution < 1.29 is 15.0 Å². The first kappa shape index (κ1) is 23.9. The van der Waals surface area contributed by atoms with Gasteiger partial charge in [-0.2, -0.15) is 0 Å². The Labute approximate surface area is 214 Å². The van der Waals surface area contributed by atoms with E-state index in [1.165, 1.54) is 4.57 Å². The number of hydrogen-bond donors (Lipinski definition) is 2. The highest BCUT2D eigenvalue weighted by Gasteiger charge is 2.30. The minimum Gasteiger partial charge on any atom is -0.508 e. The van der Waals surface area contributed by atoms with Crippen molar-refractivity contribution >= 4 is 28.1 Å². The number of benzene rings is 4. The van der Waals surface area contributed by atoms with Gasteiger partial charge in [-0.1, -0.05) is 66.7 Å². The van der Waals surface area contributed by atoms with Gasteiger partial charge in [-0.3, -0.25) is 9.59 Å². The highest BCUT2D eigenvalue weighted by atomic mass is 16.3. The number of pyridine rings is 1. The summed E-state index contributed by atoms with van der Waals surface area (Å²) in [6, 6.07) is 32.3. The number of rotatable bonds is 7. The second-order valence-electron chi connectivity index (χ2n) is 8.85. The van der Waals surface area contributed by atoms with Crippen LogP contribution in [0.25, 0.3) is 10.9 Å². The van der Waals surface area contributed by atoms with E-state index in [0.29, 0.717) is 16.5 Å². The highest BCUT2D eigenvalue weighted by Crippen LogP contribution is 2.41. The molecule has 0 aliphatic rings. The molecule has 0 fully saturated rings. The summed E-state index contributed by atoms with van der Waals surface area (Å²) in [5.74, 6) is -0.813. The van der Waals surface area contributed by atoms with Crippen LogP contribution in [0.1, 0.15) is 28.4 Å². The average molecular weight is 491 g/mol. The molecule has 0 saturated heterocycles. The summed E-state index contributed by atoms with van der Waals surface area (Å²) >= 11 is 0. The number of nitrogens with zero attached hydrogens (tertiary/aromatic N) is 2. The molecule has 1 aromatic heterocycles. The molecular weight excluding hydrogens is 464 g/mol. The number of phenols is 1. The summed E-state index contributed by atoms with van der Waals surface area (Å²) in [5, 5.41) is 22.3. The Kier molecular flexibility index (Phi) is 6.47. The first-order valence-corrected chi connectivity index (χ1v) is 12.0. The molecule has 5 rings (SSSR count). The van der Waals surface area contributed by atoms with E-state index in [4.69, 9.17) is 0 Å². The van der Waals surface area contributed by atoms with E-state index in [1.54, 1.807) is 55.6 Å². The Balaban J connectivity index is 1.69. The second-order valence-corrected chi connectivity index (χ2v) is 8.85. The SMILES string of the molecule is Cn1c(=O)c(C(=O)CC(c2ccccc2O)N(c2ccccc2)c2ccccc2)c(O)c2ccccc21. The topological polar surface area (TPSA) is 82.8 Å². The Morgan fingerprint density at radius 3 is 1.95 bits per heavy atom. The van der Waals surface area contributed by atoms with Crippen LogP contribution in [0.5, 0.6) is 11.5 Å². The number of para-hydroxylation sites is 4. The van der Waals surface area contributed by atoms with Gasteiger partial charge in [0.1, 0.15) is 17.1 Å². The molecule has 0 spiro atoms. The molecule has 0 bridgehead atoms. The fourth-order valence-corrected chi connectivity index (χ4v) is 4.80. The number of hydrogen-bond acceptors (Lipinski definition) is 5. The van der Waals surface area contributed by atoms with Gasteiger partial charge in [0.05, 0.1) is 11.6 Å². The number of Topliss-reactive ketones (excluding diaryl/α,β-unsaturated/α-hetero) is 1. The standard InChI is InChI=1S/C31H26N2O4/c1-32-25-18-10-8-17-24(25)30(36)29(31(32)37)28(35)20-26(23-16-9-11-19-27(23)34)33(21-12-4-2-5-13-21)22-14-6-3-7-15-22/h2-19,26,34,36H,20H2,1H3. The maximum atomic E-state index is 13.9. The van der Waals surface area contributed by atoms with Gasteiger partial charge < -0.3 is 19.7 Å². The van der Waals surface area contributed by atoms with E-state index in [0.717, 1.165) is 11.4 Å². The largest absolute Gasteiger partial charge is 0.508 e. The van der Waals surface area contributed by atoms with E-state index in [1.807, 2.05) is 65.6 Å². The van der Waals surface area contributed by atoms with E-state index < -0.39 is 17.4 Å². The minimum absolute atomic E-state index is 0.0350. The van der Waals surface area contributed by atoms with Crippen molar-refractivity contribution in [1.29, 1.82) is 0 Å². The minimum atomic E-state index is -0.672. The number of ketones is 1. The average Bonchev–Trinajstić information content (AvgIpc) is 2.93. The molecule has 5 aromatic rings. The van der Waals surface area contributed by atoms with E-state index in [-0.39, 0.29) is 23.5 Å². The number of carbonyl (C=O) groups excluding carboxylic acids is 1. The molecule has 37 heavy (non-hydrogen) atoms. The monoisotopic (exact) mass is 490 g/mol. The first-order valence-electron chi connectivity index (χ1n) is 12.0. The van der Waals surface area contributed by atoms with Crippen molar-refractivity contribution in [3.63, 3.8) is 0 Å². The second kappa shape index (κ2) is 10.0. The fourth-order valence-electron chi connectivity index (χ4n) is 4.80. The fraction of sp³-hybridized carbons (Fsp3) is 0.0968. The molecule has 0 aliphatic carbocycles. The lowest BCUT2D eigenvalue weighted by Crippen LogP contribution is -2.30. The number of aromatic hydroxyl groups is 2. The molecular formula is C31H26N2O4. The van der Waals surface area contributed by atoms with Crippen LogP contribution in [-0.4, -0.2) is 20.6 Å². The first-order chi connectivity index (χ1) is 18.0. The predicted molar refractivity (Wildman–Crippen MR) is 146 cm³/mol. The van der Waals surface area contributed by atoms with Gasteiger partial charge in [0.15, 0.2) is 5.78 Å². The van der Waals surface area contributed by atoms with Gasteiger partial charge in [-0.05, 0) is 42.5 Å². The number of aromatic nitrogens is 1. The van der Waals surface area contributed by atoms with Crippen molar-refractivity contribution in [2.45, 2.75) is 12.5 Å². The molecule has 0 aliphatic heterocycles. The summed E-state index contributed by atoms with van der Waals surface area (Å²) < 4.78 is 1.38. The maximum absolute atomic E-state index is 13.9. The third-order valence-electron chi connectivity index (χ3n) is 6.61. The summed E-state index contributed by atoms with van der Waals surface area (Å²) in [6.45, 7) is 0. The number of anilines is 2. The summed E-state index contributed by atoms with van der Waals surface area (Å²) in [7, 11) is 1.58. The smallest absolute Gasteiger partial charge is 0.265 e. The van der Waals surface area contributed by atoms with Crippen molar-refractivity contribution in [3.8, 4) is 11.5 Å². The van der Waals surface area contributed by atoms with Crippen LogP contribution >= 0.6 is 0 Å². The summed E-state index contributed by atoms with van der Waals surface area (Å²) in [4.78, 5) is 29.1. The molecule has 1 heterocycles. The Morgan fingerprint density at radius 2 is 1.32 bits per heavy atom. The zero-order valence-corrected chi connectivity index (χ0v) is 20.3. The molecule has 1 unspecified atom stereocenters. The van der Waals surface area contributed by atoms with Crippen molar-refractivity contribution in [1.82, 2.24) is 4.57 Å². The third-order valence-corrected chi connectivity index (χ3v) is 6.61. The van der Waals surface area contributed by atoms with Gasteiger partial charge in [0.2, 0.25) is 0 Å². The van der Waals surface area contributed by atoms with Gasteiger partial charge in [0.25, 0.3) is 5.56 Å². The van der Waals surface area contributed by atoms with Gasteiger partial charge in [0, 0.05) is 35.8 Å². The number of fused-ring (bicyclic) bond motifs is 1. The zero-order valence-electron chi connectivity index (χ0n) is 20.3. The molecule has 0 saturated carbocycles. The van der Waals surface area contributed by atoms with Crippen LogP contribution < -0.4 is 10.5 Å². The van der Waals surface area contributed by atoms with Crippen LogP contribution in [0.4, 0.5) is 11.4 Å². The van der Waals surface area contributed by atoms with E-state index >= 15 is 0 Å². The van der Waals surface area contributed by atoms with Crippen LogP contribution in [0.2, 0.25) is 0 Å².